The van der Waals surface area contributed by atoms with Crippen molar-refractivity contribution in [3.8, 4) is 0 Å². The second-order valence-corrected chi connectivity index (χ2v) is 5.15. The lowest BCUT2D eigenvalue weighted by molar-refractivity contribution is -0.131. The maximum absolute atomic E-state index is 11.9. The normalized spacial score (nSPS) is 14.5. The molecule has 0 fully saturated rings. The van der Waals surface area contributed by atoms with Gasteiger partial charge in [0.2, 0.25) is 0 Å². The molecule has 0 unspecified atom stereocenters. The maximum Gasteiger partial charge on any atom is 0.157 e. The maximum atomic E-state index is 11.9. The Balaban J connectivity index is 4.41. The monoisotopic (exact) mass is 221 g/mol. The third-order valence-electron chi connectivity index (χ3n) is 1.95. The molecule has 0 spiro atoms. The number of hydrogen-bond acceptors (Lipinski definition) is 3. The summed E-state index contributed by atoms with van der Waals surface area (Å²) in [5.41, 5.74) is 2.16. The first-order chi connectivity index (χ1) is 6.29. The minimum absolute atomic E-state index is 0.117. The van der Waals surface area contributed by atoms with E-state index in [9.17, 15) is 4.79 Å². The Morgan fingerprint density at radius 1 is 1.43 bits per heavy atom. The minimum Gasteiger partial charge on any atom is -0.297 e. The van der Waals surface area contributed by atoms with Crippen molar-refractivity contribution < 1.29 is 9.18 Å². The van der Waals surface area contributed by atoms with Gasteiger partial charge in [-0.15, -0.1) is 0 Å². The summed E-state index contributed by atoms with van der Waals surface area (Å²) in [6.07, 6.45) is 0.725. The van der Waals surface area contributed by atoms with E-state index in [-0.39, 0.29) is 17.2 Å². The van der Waals surface area contributed by atoms with E-state index >= 15 is 0 Å². The lowest BCUT2D eigenvalue weighted by atomic mass is 9.84. The van der Waals surface area contributed by atoms with Gasteiger partial charge in [-0.3, -0.25) is 4.79 Å². The number of hydroxylamine groups is 1. The van der Waals surface area contributed by atoms with Crippen molar-refractivity contribution in [3.05, 3.63) is 0 Å². The molecule has 1 atom stereocenters. The molecule has 0 aromatic heterocycles. The largest absolute Gasteiger partial charge is 0.297 e. The molecule has 1 N–H and O–H groups in total. The molecule has 0 aromatic rings. The molecule has 0 bridgehead atoms. The summed E-state index contributed by atoms with van der Waals surface area (Å²) in [6.45, 7) is 9.77. The van der Waals surface area contributed by atoms with E-state index in [1.165, 1.54) is 0 Å². The number of ketones is 1. The molecular formula is C10H20ClNO2. The first-order valence-electron chi connectivity index (χ1n) is 4.86. The summed E-state index contributed by atoms with van der Waals surface area (Å²) in [6, 6.07) is -0.326. The SMILES string of the molecule is CC(C)C[C@H](NOCl)C(=O)C(C)(C)C. The van der Waals surface area contributed by atoms with Gasteiger partial charge in [-0.25, -0.2) is 0 Å². The van der Waals surface area contributed by atoms with Gasteiger partial charge in [-0.2, -0.15) is 9.87 Å². The van der Waals surface area contributed by atoms with Gasteiger partial charge in [0, 0.05) is 5.41 Å². The number of halogens is 1. The molecule has 84 valence electrons. The lowest BCUT2D eigenvalue weighted by Gasteiger charge is -2.25. The molecule has 0 aliphatic rings. The predicted octanol–water partition coefficient (Wildman–Crippen LogP) is 2.69. The molecule has 0 saturated heterocycles. The summed E-state index contributed by atoms with van der Waals surface area (Å²) in [5, 5.41) is 0. The molecule has 0 aliphatic carbocycles. The fourth-order valence-electron chi connectivity index (χ4n) is 1.26. The van der Waals surface area contributed by atoms with Crippen molar-refractivity contribution in [2.75, 3.05) is 0 Å². The Bertz CT molecular complexity index is 187. The highest BCUT2D eigenvalue weighted by Gasteiger charge is 2.30. The zero-order valence-electron chi connectivity index (χ0n) is 9.56. The van der Waals surface area contributed by atoms with Crippen LogP contribution in [0, 0.1) is 11.3 Å². The Kier molecular flexibility index (Phi) is 5.64. The van der Waals surface area contributed by atoms with Gasteiger partial charge in [0.15, 0.2) is 5.78 Å². The number of rotatable bonds is 5. The van der Waals surface area contributed by atoms with Gasteiger partial charge in [0.05, 0.1) is 17.9 Å². The van der Waals surface area contributed by atoms with Crippen molar-refractivity contribution in [1.29, 1.82) is 0 Å². The van der Waals surface area contributed by atoms with E-state index in [4.69, 9.17) is 11.9 Å². The fraction of sp³-hybridized carbons (Fsp3) is 0.900. The molecule has 0 aliphatic heterocycles. The van der Waals surface area contributed by atoms with Crippen LogP contribution in [0.25, 0.3) is 0 Å². The van der Waals surface area contributed by atoms with Gasteiger partial charge < -0.3 is 0 Å². The number of nitrogens with one attached hydrogen (secondary N) is 1. The molecule has 0 aromatic carbocycles. The van der Waals surface area contributed by atoms with Crippen LogP contribution in [0.15, 0.2) is 0 Å². The van der Waals surface area contributed by atoms with Crippen molar-refractivity contribution in [1.82, 2.24) is 5.48 Å². The Labute approximate surface area is 91.3 Å². The summed E-state index contributed by atoms with van der Waals surface area (Å²) in [7, 11) is 0. The van der Waals surface area contributed by atoms with Crippen LogP contribution >= 0.6 is 11.9 Å². The summed E-state index contributed by atoms with van der Waals surface area (Å²) >= 11 is 5.11. The number of Topliss-reactive ketones (excluding diaryl/α,β-unsaturated/α-hetero) is 1. The van der Waals surface area contributed by atoms with Crippen LogP contribution in [0.2, 0.25) is 0 Å². The standard InChI is InChI=1S/C10H20ClNO2/c1-7(2)6-8(12-14-11)9(13)10(3,4)5/h7-8,12H,6H2,1-5H3/t8-/m0/s1. The fourth-order valence-corrected chi connectivity index (χ4v) is 1.36. The average molecular weight is 222 g/mol. The third-order valence-corrected chi connectivity index (χ3v) is 2.04. The minimum atomic E-state index is -0.373. The number of carbonyl (C=O) groups is 1. The Morgan fingerprint density at radius 3 is 2.21 bits per heavy atom. The third kappa shape index (κ3) is 4.94. The average Bonchev–Trinajstić information content (AvgIpc) is 2.00. The molecule has 0 amide bonds. The molecular weight excluding hydrogens is 202 g/mol. The number of hydrogen-bond donors (Lipinski definition) is 1. The van der Waals surface area contributed by atoms with E-state index in [0.717, 1.165) is 6.42 Å². The van der Waals surface area contributed by atoms with Gasteiger partial charge in [0.25, 0.3) is 0 Å². The van der Waals surface area contributed by atoms with Crippen LogP contribution in [0.1, 0.15) is 41.0 Å². The summed E-state index contributed by atoms with van der Waals surface area (Å²) in [4.78, 5) is 11.9. The molecule has 0 radical (unpaired) electrons. The van der Waals surface area contributed by atoms with Gasteiger partial charge in [-0.1, -0.05) is 34.6 Å². The molecule has 3 nitrogen and oxygen atoms in total. The van der Waals surface area contributed by atoms with E-state index in [2.05, 4.69) is 23.7 Å². The molecule has 4 heteroatoms. The first-order valence-corrected chi connectivity index (χ1v) is 5.17. The predicted molar refractivity (Wildman–Crippen MR) is 57.8 cm³/mol. The Hall–Kier alpha value is -0.120. The van der Waals surface area contributed by atoms with Gasteiger partial charge in [0.1, 0.15) is 0 Å². The topological polar surface area (TPSA) is 38.3 Å². The molecule has 0 saturated carbocycles. The lowest BCUT2D eigenvalue weighted by Crippen LogP contribution is -2.42. The highest BCUT2D eigenvalue weighted by atomic mass is 35.5. The van der Waals surface area contributed by atoms with Crippen molar-refractivity contribution in [2.45, 2.75) is 47.1 Å². The van der Waals surface area contributed by atoms with E-state index in [1.807, 2.05) is 20.8 Å². The smallest absolute Gasteiger partial charge is 0.157 e. The van der Waals surface area contributed by atoms with Crippen molar-refractivity contribution in [3.63, 3.8) is 0 Å². The number of carbonyl (C=O) groups excluding carboxylic acids is 1. The van der Waals surface area contributed by atoms with Crippen molar-refractivity contribution in [2.24, 2.45) is 11.3 Å². The zero-order valence-corrected chi connectivity index (χ0v) is 10.3. The molecule has 0 rings (SSSR count). The van der Waals surface area contributed by atoms with Crippen LogP contribution in [0.3, 0.4) is 0 Å². The zero-order chi connectivity index (χ0) is 11.4. The second-order valence-electron chi connectivity index (χ2n) is 4.99. The van der Waals surface area contributed by atoms with Gasteiger partial charge in [-0.05, 0) is 12.3 Å². The summed E-state index contributed by atoms with van der Waals surface area (Å²) in [5.74, 6) is 0.539. The highest BCUT2D eigenvalue weighted by molar-refractivity contribution is 6.07. The molecule has 14 heavy (non-hydrogen) atoms. The quantitative estimate of drug-likeness (QED) is 0.726. The van der Waals surface area contributed by atoms with Crippen LogP contribution < -0.4 is 5.48 Å². The van der Waals surface area contributed by atoms with Gasteiger partial charge >= 0.3 is 0 Å². The van der Waals surface area contributed by atoms with E-state index < -0.39 is 0 Å². The molecule has 0 heterocycles. The Morgan fingerprint density at radius 2 is 1.93 bits per heavy atom. The van der Waals surface area contributed by atoms with E-state index in [0.29, 0.717) is 5.92 Å². The van der Waals surface area contributed by atoms with Crippen LogP contribution in [0.5, 0.6) is 0 Å². The summed E-state index contributed by atoms with van der Waals surface area (Å²) < 4.78 is 4.32. The first kappa shape index (κ1) is 13.9. The second kappa shape index (κ2) is 5.69. The van der Waals surface area contributed by atoms with E-state index in [1.54, 1.807) is 0 Å². The van der Waals surface area contributed by atoms with Crippen molar-refractivity contribution >= 4 is 17.6 Å². The highest BCUT2D eigenvalue weighted by Crippen LogP contribution is 2.20. The van der Waals surface area contributed by atoms with Crippen LogP contribution in [-0.2, 0) is 9.18 Å². The van der Waals surface area contributed by atoms with Crippen LogP contribution in [0.4, 0.5) is 0 Å². The van der Waals surface area contributed by atoms with Crippen LogP contribution in [-0.4, -0.2) is 11.8 Å².